The summed E-state index contributed by atoms with van der Waals surface area (Å²) in [6, 6.07) is 15.3. The number of carbonyl (C=O) groups is 1. The Bertz CT molecular complexity index is 584. The summed E-state index contributed by atoms with van der Waals surface area (Å²) in [5.74, 6) is -0.329. The number of ether oxygens (including phenoxy) is 1. The number of methoxy groups -OCH3 is 1. The van der Waals surface area contributed by atoms with Crippen molar-refractivity contribution in [3.05, 3.63) is 64.1 Å². The van der Waals surface area contributed by atoms with E-state index < -0.39 is 0 Å². The molecule has 0 radical (unpaired) electrons. The van der Waals surface area contributed by atoms with Gasteiger partial charge in [-0.2, -0.15) is 0 Å². The predicted molar refractivity (Wildman–Crippen MR) is 79.3 cm³/mol. The molecule has 0 aliphatic rings. The molecule has 0 amide bonds. The third-order valence-electron chi connectivity index (χ3n) is 2.72. The first kappa shape index (κ1) is 13.6. The zero-order chi connectivity index (χ0) is 13.7. The average molecular weight is 320 g/mol. The summed E-state index contributed by atoms with van der Waals surface area (Å²) < 4.78 is 5.76. The largest absolute Gasteiger partial charge is 0.465 e. The average Bonchev–Trinajstić information content (AvgIpc) is 2.46. The van der Waals surface area contributed by atoms with Crippen molar-refractivity contribution in [3.8, 4) is 0 Å². The van der Waals surface area contributed by atoms with E-state index in [1.807, 2.05) is 36.4 Å². The van der Waals surface area contributed by atoms with Crippen molar-refractivity contribution in [2.45, 2.75) is 6.54 Å². The Hall–Kier alpha value is -1.81. The van der Waals surface area contributed by atoms with Crippen LogP contribution in [0.15, 0.2) is 53.0 Å². The lowest BCUT2D eigenvalue weighted by Gasteiger charge is -2.09. The zero-order valence-corrected chi connectivity index (χ0v) is 12.1. The molecule has 0 spiro atoms. The first-order chi connectivity index (χ1) is 9.20. The van der Waals surface area contributed by atoms with E-state index in [9.17, 15) is 4.79 Å². The molecule has 2 rings (SSSR count). The van der Waals surface area contributed by atoms with Gasteiger partial charge in [0.2, 0.25) is 0 Å². The summed E-state index contributed by atoms with van der Waals surface area (Å²) in [5, 5.41) is 3.28. The highest BCUT2D eigenvalue weighted by Crippen LogP contribution is 2.18. The van der Waals surface area contributed by atoms with Crippen LogP contribution in [-0.4, -0.2) is 13.1 Å². The maximum Gasteiger partial charge on any atom is 0.337 e. The molecule has 0 unspecified atom stereocenters. The number of hydrogen-bond acceptors (Lipinski definition) is 3. The van der Waals surface area contributed by atoms with Crippen LogP contribution in [0.25, 0.3) is 0 Å². The molecule has 0 saturated heterocycles. The number of halogens is 1. The van der Waals surface area contributed by atoms with Crippen molar-refractivity contribution < 1.29 is 9.53 Å². The standard InChI is InChI=1S/C15H14BrNO2/c1-19-15(18)11-6-4-7-13(9-11)17-10-12-5-2-3-8-14(12)16/h2-9,17H,10H2,1H3. The SMILES string of the molecule is COC(=O)c1cccc(NCc2ccccc2Br)c1. The number of nitrogens with one attached hydrogen (secondary N) is 1. The fraction of sp³-hybridized carbons (Fsp3) is 0.133. The van der Waals surface area contributed by atoms with E-state index >= 15 is 0 Å². The van der Waals surface area contributed by atoms with Gasteiger partial charge in [-0.05, 0) is 29.8 Å². The van der Waals surface area contributed by atoms with Crippen molar-refractivity contribution in [2.24, 2.45) is 0 Å². The number of esters is 1. The van der Waals surface area contributed by atoms with Crippen molar-refractivity contribution in [1.82, 2.24) is 0 Å². The molecule has 0 heterocycles. The van der Waals surface area contributed by atoms with E-state index in [1.54, 1.807) is 12.1 Å². The minimum absolute atomic E-state index is 0.329. The molecule has 2 aromatic rings. The summed E-state index contributed by atoms with van der Waals surface area (Å²) in [4.78, 5) is 11.4. The minimum Gasteiger partial charge on any atom is -0.465 e. The summed E-state index contributed by atoms with van der Waals surface area (Å²) in [6.45, 7) is 0.687. The Morgan fingerprint density at radius 2 is 2.00 bits per heavy atom. The topological polar surface area (TPSA) is 38.3 Å². The van der Waals surface area contributed by atoms with Gasteiger partial charge in [-0.3, -0.25) is 0 Å². The zero-order valence-electron chi connectivity index (χ0n) is 10.5. The third-order valence-corrected chi connectivity index (χ3v) is 3.50. The molecular weight excluding hydrogens is 306 g/mol. The number of carbonyl (C=O) groups excluding carboxylic acids is 1. The number of rotatable bonds is 4. The van der Waals surface area contributed by atoms with Crippen LogP contribution in [-0.2, 0) is 11.3 Å². The summed E-state index contributed by atoms with van der Waals surface area (Å²) in [7, 11) is 1.38. The molecule has 0 bridgehead atoms. The molecule has 0 fully saturated rings. The number of anilines is 1. The van der Waals surface area contributed by atoms with Gasteiger partial charge < -0.3 is 10.1 Å². The molecule has 19 heavy (non-hydrogen) atoms. The third kappa shape index (κ3) is 3.58. The maximum absolute atomic E-state index is 11.4. The van der Waals surface area contributed by atoms with Crippen LogP contribution < -0.4 is 5.32 Å². The monoisotopic (exact) mass is 319 g/mol. The van der Waals surface area contributed by atoms with Crippen LogP contribution in [0.3, 0.4) is 0 Å². The van der Waals surface area contributed by atoms with Gasteiger partial charge in [0.05, 0.1) is 12.7 Å². The molecule has 0 aromatic heterocycles. The molecule has 0 saturated carbocycles. The first-order valence-corrected chi connectivity index (χ1v) is 6.65. The van der Waals surface area contributed by atoms with E-state index in [2.05, 4.69) is 21.2 Å². The van der Waals surface area contributed by atoms with Gasteiger partial charge in [-0.15, -0.1) is 0 Å². The Balaban J connectivity index is 2.08. The Morgan fingerprint density at radius 3 is 2.74 bits per heavy atom. The van der Waals surface area contributed by atoms with Crippen molar-refractivity contribution >= 4 is 27.6 Å². The van der Waals surface area contributed by atoms with Gasteiger partial charge in [0.1, 0.15) is 0 Å². The number of benzene rings is 2. The quantitative estimate of drug-likeness (QED) is 0.870. The van der Waals surface area contributed by atoms with Crippen LogP contribution >= 0.6 is 15.9 Å². The van der Waals surface area contributed by atoms with Crippen molar-refractivity contribution in [3.63, 3.8) is 0 Å². The highest BCUT2D eigenvalue weighted by atomic mass is 79.9. The summed E-state index contributed by atoms with van der Waals surface area (Å²) >= 11 is 3.50. The first-order valence-electron chi connectivity index (χ1n) is 5.86. The Kier molecular flexibility index (Phi) is 4.58. The lowest BCUT2D eigenvalue weighted by atomic mass is 10.2. The predicted octanol–water partition coefficient (Wildman–Crippen LogP) is 3.85. The van der Waals surface area contributed by atoms with Gasteiger partial charge in [0.25, 0.3) is 0 Å². The summed E-state index contributed by atoms with van der Waals surface area (Å²) in [6.07, 6.45) is 0. The second-order valence-electron chi connectivity index (χ2n) is 4.02. The second-order valence-corrected chi connectivity index (χ2v) is 4.87. The van der Waals surface area contributed by atoms with E-state index in [-0.39, 0.29) is 5.97 Å². The van der Waals surface area contributed by atoms with Crippen molar-refractivity contribution in [2.75, 3.05) is 12.4 Å². The molecule has 0 atom stereocenters. The van der Waals surface area contributed by atoms with E-state index in [0.717, 1.165) is 15.7 Å². The van der Waals surface area contributed by atoms with Gasteiger partial charge >= 0.3 is 5.97 Å². The van der Waals surface area contributed by atoms with Crippen LogP contribution in [0, 0.1) is 0 Å². The highest BCUT2D eigenvalue weighted by molar-refractivity contribution is 9.10. The van der Waals surface area contributed by atoms with Crippen LogP contribution in [0.5, 0.6) is 0 Å². The highest BCUT2D eigenvalue weighted by Gasteiger charge is 2.05. The molecule has 1 N–H and O–H groups in total. The molecule has 4 heteroatoms. The lowest BCUT2D eigenvalue weighted by Crippen LogP contribution is -2.04. The maximum atomic E-state index is 11.4. The van der Waals surface area contributed by atoms with E-state index in [4.69, 9.17) is 4.74 Å². The number of hydrogen-bond donors (Lipinski definition) is 1. The van der Waals surface area contributed by atoms with Gasteiger partial charge in [-0.25, -0.2) is 4.79 Å². The van der Waals surface area contributed by atoms with Crippen LogP contribution in [0.4, 0.5) is 5.69 Å². The van der Waals surface area contributed by atoms with Gasteiger partial charge in [0.15, 0.2) is 0 Å². The second kappa shape index (κ2) is 6.38. The minimum atomic E-state index is -0.329. The molecule has 2 aromatic carbocycles. The fourth-order valence-corrected chi connectivity index (χ4v) is 2.14. The van der Waals surface area contributed by atoms with Gasteiger partial charge in [0, 0.05) is 16.7 Å². The molecular formula is C15H14BrNO2. The molecule has 98 valence electrons. The van der Waals surface area contributed by atoms with Gasteiger partial charge in [-0.1, -0.05) is 40.2 Å². The van der Waals surface area contributed by atoms with E-state index in [1.165, 1.54) is 7.11 Å². The summed E-state index contributed by atoms with van der Waals surface area (Å²) in [5.41, 5.74) is 2.59. The normalized spacial score (nSPS) is 10.0. The smallest absolute Gasteiger partial charge is 0.337 e. The van der Waals surface area contributed by atoms with Crippen LogP contribution in [0.2, 0.25) is 0 Å². The lowest BCUT2D eigenvalue weighted by molar-refractivity contribution is 0.0601. The molecule has 0 aliphatic carbocycles. The van der Waals surface area contributed by atoms with E-state index in [0.29, 0.717) is 12.1 Å². The Morgan fingerprint density at radius 1 is 1.21 bits per heavy atom. The molecule has 0 aliphatic heterocycles. The van der Waals surface area contributed by atoms with Crippen molar-refractivity contribution in [1.29, 1.82) is 0 Å². The van der Waals surface area contributed by atoms with Crippen LogP contribution in [0.1, 0.15) is 15.9 Å². The Labute approximate surface area is 120 Å². The molecule has 3 nitrogen and oxygen atoms in total. The fourth-order valence-electron chi connectivity index (χ4n) is 1.71.